The normalized spacial score (nSPS) is 11.4. The first-order chi connectivity index (χ1) is 6.40. The van der Waals surface area contributed by atoms with E-state index in [-0.39, 0.29) is 0 Å². The predicted octanol–water partition coefficient (Wildman–Crippen LogP) is 1.50. The molecule has 0 saturated heterocycles. The van der Waals surface area contributed by atoms with Crippen LogP contribution in [0.1, 0.15) is 13.8 Å². The van der Waals surface area contributed by atoms with Crippen LogP contribution in [0.3, 0.4) is 0 Å². The van der Waals surface area contributed by atoms with E-state index in [0.29, 0.717) is 22.9 Å². The van der Waals surface area contributed by atoms with Crippen LogP contribution in [0.25, 0.3) is 0 Å². The van der Waals surface area contributed by atoms with Crippen molar-refractivity contribution >= 4 is 23.0 Å². The molecule has 0 radical (unpaired) electrons. The number of nitrogens with two attached hydrogens (primary N) is 1. The van der Waals surface area contributed by atoms with Crippen molar-refractivity contribution in [1.82, 2.24) is 4.98 Å². The first-order valence-corrected chi connectivity index (χ1v) is 4.63. The third kappa shape index (κ3) is 3.05. The molecule has 1 aromatic heterocycles. The number of nitrogen functional groups attached to an aromatic ring is 1. The zero-order valence-corrected chi connectivity index (χ0v) is 8.97. The number of hydrogen-bond acceptors (Lipinski definition) is 4. The van der Waals surface area contributed by atoms with Crippen molar-refractivity contribution in [3.8, 4) is 0 Å². The lowest BCUT2D eigenvalue weighted by Crippen LogP contribution is -2.29. The van der Waals surface area contributed by atoms with Crippen LogP contribution in [0.4, 0.5) is 11.4 Å². The van der Waals surface area contributed by atoms with Crippen LogP contribution in [0.2, 0.25) is 5.02 Å². The van der Waals surface area contributed by atoms with Crippen LogP contribution < -0.4 is 11.1 Å². The minimum Gasteiger partial charge on any atom is -0.396 e. The van der Waals surface area contributed by atoms with Crippen LogP contribution in [0.15, 0.2) is 12.4 Å². The Bertz CT molecular complexity index is 302. The number of halogens is 1. The fourth-order valence-corrected chi connectivity index (χ4v) is 1.17. The molecular weight excluding hydrogens is 202 g/mol. The number of nitrogens with zero attached hydrogens (tertiary/aromatic N) is 1. The monoisotopic (exact) mass is 215 g/mol. The highest BCUT2D eigenvalue weighted by atomic mass is 35.5. The Balaban J connectivity index is 2.77. The fourth-order valence-electron chi connectivity index (χ4n) is 0.941. The third-order valence-electron chi connectivity index (χ3n) is 1.63. The molecule has 4 N–H and O–H groups in total. The van der Waals surface area contributed by atoms with E-state index in [4.69, 9.17) is 17.3 Å². The molecule has 0 spiro atoms. The van der Waals surface area contributed by atoms with Crippen molar-refractivity contribution in [3.63, 3.8) is 0 Å². The summed E-state index contributed by atoms with van der Waals surface area (Å²) >= 11 is 5.87. The van der Waals surface area contributed by atoms with Gasteiger partial charge in [-0.1, -0.05) is 11.6 Å². The van der Waals surface area contributed by atoms with Gasteiger partial charge in [0.05, 0.1) is 28.2 Å². The van der Waals surface area contributed by atoms with E-state index in [1.165, 1.54) is 12.4 Å². The first kappa shape index (κ1) is 11.1. The quantitative estimate of drug-likeness (QED) is 0.715. The summed E-state index contributed by atoms with van der Waals surface area (Å²) in [6, 6.07) is 0. The predicted molar refractivity (Wildman–Crippen MR) is 58.4 cm³/mol. The van der Waals surface area contributed by atoms with Gasteiger partial charge in [0.1, 0.15) is 0 Å². The molecule has 0 aromatic carbocycles. The van der Waals surface area contributed by atoms with E-state index in [1.54, 1.807) is 13.8 Å². The van der Waals surface area contributed by atoms with E-state index < -0.39 is 5.60 Å². The van der Waals surface area contributed by atoms with E-state index >= 15 is 0 Å². The summed E-state index contributed by atoms with van der Waals surface area (Å²) in [5.74, 6) is 0. The van der Waals surface area contributed by atoms with Crippen LogP contribution in [-0.4, -0.2) is 22.2 Å². The molecule has 14 heavy (non-hydrogen) atoms. The maximum Gasteiger partial charge on any atom is 0.0841 e. The Morgan fingerprint density at radius 2 is 2.21 bits per heavy atom. The van der Waals surface area contributed by atoms with Gasteiger partial charge < -0.3 is 16.2 Å². The second kappa shape index (κ2) is 4.02. The third-order valence-corrected chi connectivity index (χ3v) is 1.91. The van der Waals surface area contributed by atoms with Gasteiger partial charge >= 0.3 is 0 Å². The fraction of sp³-hybridized carbons (Fsp3) is 0.444. The average Bonchev–Trinajstić information content (AvgIpc) is 2.01. The molecule has 1 aromatic rings. The molecule has 0 fully saturated rings. The van der Waals surface area contributed by atoms with Gasteiger partial charge in [0.25, 0.3) is 0 Å². The number of pyridine rings is 1. The van der Waals surface area contributed by atoms with E-state index in [0.717, 1.165) is 0 Å². The van der Waals surface area contributed by atoms with Crippen molar-refractivity contribution in [2.24, 2.45) is 0 Å². The Morgan fingerprint density at radius 3 is 2.71 bits per heavy atom. The number of hydrogen-bond donors (Lipinski definition) is 3. The number of anilines is 2. The van der Waals surface area contributed by atoms with Gasteiger partial charge in [-0.25, -0.2) is 0 Å². The average molecular weight is 216 g/mol. The molecule has 0 aliphatic heterocycles. The first-order valence-electron chi connectivity index (χ1n) is 4.25. The zero-order chi connectivity index (χ0) is 10.8. The summed E-state index contributed by atoms with van der Waals surface area (Å²) < 4.78 is 0. The molecule has 0 aliphatic carbocycles. The van der Waals surface area contributed by atoms with Gasteiger partial charge in [-0.3, -0.25) is 4.98 Å². The van der Waals surface area contributed by atoms with Gasteiger partial charge in [-0.2, -0.15) is 0 Å². The SMILES string of the molecule is CC(C)(O)CNc1c(N)cncc1Cl. The molecule has 1 rings (SSSR count). The lowest BCUT2D eigenvalue weighted by atomic mass is 10.1. The van der Waals surface area contributed by atoms with Gasteiger partial charge in [0.15, 0.2) is 0 Å². The van der Waals surface area contributed by atoms with E-state index in [2.05, 4.69) is 10.3 Å². The standard InChI is InChI=1S/C9H14ClN3O/c1-9(2,14)5-13-8-6(10)3-12-4-7(8)11/h3-4,14H,5,11H2,1-2H3,(H,12,13). The van der Waals surface area contributed by atoms with Crippen LogP contribution in [-0.2, 0) is 0 Å². The van der Waals surface area contributed by atoms with Crippen molar-refractivity contribution < 1.29 is 5.11 Å². The summed E-state index contributed by atoms with van der Waals surface area (Å²) in [7, 11) is 0. The Kier molecular flexibility index (Phi) is 3.18. The molecule has 0 bridgehead atoms. The second-order valence-corrected chi connectivity index (χ2v) is 4.16. The summed E-state index contributed by atoms with van der Waals surface area (Å²) in [5.41, 5.74) is 5.94. The van der Waals surface area contributed by atoms with Crippen LogP contribution in [0.5, 0.6) is 0 Å². The maximum absolute atomic E-state index is 9.50. The smallest absolute Gasteiger partial charge is 0.0841 e. The minimum atomic E-state index is -0.807. The largest absolute Gasteiger partial charge is 0.396 e. The zero-order valence-electron chi connectivity index (χ0n) is 8.21. The van der Waals surface area contributed by atoms with Crippen molar-refractivity contribution in [1.29, 1.82) is 0 Å². The second-order valence-electron chi connectivity index (χ2n) is 3.75. The van der Waals surface area contributed by atoms with Gasteiger partial charge in [0, 0.05) is 12.7 Å². The van der Waals surface area contributed by atoms with Gasteiger partial charge in [0.2, 0.25) is 0 Å². The van der Waals surface area contributed by atoms with Gasteiger partial charge in [-0.15, -0.1) is 0 Å². The number of rotatable bonds is 3. The highest BCUT2D eigenvalue weighted by Gasteiger charge is 2.13. The highest BCUT2D eigenvalue weighted by Crippen LogP contribution is 2.26. The number of aliphatic hydroxyl groups is 1. The van der Waals surface area contributed by atoms with Gasteiger partial charge in [-0.05, 0) is 13.8 Å². The molecule has 0 aliphatic rings. The van der Waals surface area contributed by atoms with E-state index in [9.17, 15) is 5.11 Å². The summed E-state index contributed by atoms with van der Waals surface area (Å²) in [4.78, 5) is 3.83. The number of aromatic nitrogens is 1. The topological polar surface area (TPSA) is 71.2 Å². The van der Waals surface area contributed by atoms with Crippen molar-refractivity contribution in [2.45, 2.75) is 19.4 Å². The Morgan fingerprint density at radius 1 is 1.57 bits per heavy atom. The van der Waals surface area contributed by atoms with Crippen molar-refractivity contribution in [2.75, 3.05) is 17.6 Å². The lowest BCUT2D eigenvalue weighted by Gasteiger charge is -2.19. The number of nitrogens with one attached hydrogen (secondary N) is 1. The van der Waals surface area contributed by atoms with E-state index in [1.807, 2.05) is 0 Å². The summed E-state index contributed by atoms with van der Waals surface area (Å²) in [5, 5.41) is 12.9. The molecular formula is C9H14ClN3O. The van der Waals surface area contributed by atoms with Crippen LogP contribution in [0, 0.1) is 0 Å². The molecule has 4 nitrogen and oxygen atoms in total. The van der Waals surface area contributed by atoms with Crippen molar-refractivity contribution in [3.05, 3.63) is 17.4 Å². The lowest BCUT2D eigenvalue weighted by molar-refractivity contribution is 0.0945. The minimum absolute atomic E-state index is 0.376. The Hall–Kier alpha value is -1.00. The maximum atomic E-state index is 9.50. The molecule has 78 valence electrons. The molecule has 0 unspecified atom stereocenters. The molecule has 0 atom stereocenters. The summed E-state index contributed by atoms with van der Waals surface area (Å²) in [6.07, 6.45) is 3.02. The summed E-state index contributed by atoms with van der Waals surface area (Å²) in [6.45, 7) is 3.78. The molecule has 0 amide bonds. The highest BCUT2D eigenvalue weighted by molar-refractivity contribution is 6.33. The molecule has 1 heterocycles. The Labute approximate surface area is 88.1 Å². The molecule has 5 heteroatoms. The van der Waals surface area contributed by atoms with Crippen LogP contribution >= 0.6 is 11.6 Å². The molecule has 0 saturated carbocycles.